The van der Waals surface area contributed by atoms with Gasteiger partial charge in [0.05, 0.1) is 12.6 Å². The summed E-state index contributed by atoms with van der Waals surface area (Å²) in [6, 6.07) is 14.5. The number of aromatic nitrogens is 3. The van der Waals surface area contributed by atoms with Crippen LogP contribution in [0.15, 0.2) is 61.1 Å². The maximum atomic E-state index is 13.0. The lowest BCUT2D eigenvalue weighted by Crippen LogP contribution is -2.32. The summed E-state index contributed by atoms with van der Waals surface area (Å²) in [6.45, 7) is 3.64. The molecule has 29 heavy (non-hydrogen) atoms. The number of imidazole rings is 1. The van der Waals surface area contributed by atoms with E-state index in [1.807, 2.05) is 29.4 Å². The van der Waals surface area contributed by atoms with Crippen LogP contribution in [0.3, 0.4) is 0 Å². The van der Waals surface area contributed by atoms with E-state index in [2.05, 4.69) is 46.8 Å². The molecule has 5 heteroatoms. The van der Waals surface area contributed by atoms with Gasteiger partial charge in [-0.05, 0) is 49.8 Å². The van der Waals surface area contributed by atoms with Crippen molar-refractivity contribution in [3.63, 3.8) is 0 Å². The van der Waals surface area contributed by atoms with E-state index in [0.29, 0.717) is 6.42 Å². The molecule has 2 aromatic heterocycles. The summed E-state index contributed by atoms with van der Waals surface area (Å²) in [4.78, 5) is 24.0. The van der Waals surface area contributed by atoms with Crippen LogP contribution in [0.25, 0.3) is 0 Å². The third kappa shape index (κ3) is 4.56. The van der Waals surface area contributed by atoms with Gasteiger partial charge in [0.15, 0.2) is 0 Å². The maximum absolute atomic E-state index is 13.0. The molecule has 1 aromatic carbocycles. The highest BCUT2D eigenvalue weighted by atomic mass is 16.2. The zero-order valence-corrected chi connectivity index (χ0v) is 17.0. The zero-order chi connectivity index (χ0) is 20.1. The van der Waals surface area contributed by atoms with Gasteiger partial charge in [-0.2, -0.15) is 0 Å². The number of benzene rings is 1. The van der Waals surface area contributed by atoms with Crippen molar-refractivity contribution in [2.75, 3.05) is 6.54 Å². The molecule has 1 amide bonds. The lowest BCUT2D eigenvalue weighted by Gasteiger charge is -2.25. The third-order valence-electron chi connectivity index (χ3n) is 5.72. The van der Waals surface area contributed by atoms with Crippen molar-refractivity contribution < 1.29 is 4.79 Å². The van der Waals surface area contributed by atoms with E-state index in [1.165, 1.54) is 5.56 Å². The second kappa shape index (κ2) is 9.03. The van der Waals surface area contributed by atoms with E-state index in [1.54, 1.807) is 6.20 Å². The monoisotopic (exact) mass is 388 g/mol. The van der Waals surface area contributed by atoms with E-state index in [0.717, 1.165) is 55.9 Å². The highest BCUT2D eigenvalue weighted by molar-refractivity contribution is 5.77. The van der Waals surface area contributed by atoms with Crippen LogP contribution in [0, 0.1) is 6.92 Å². The van der Waals surface area contributed by atoms with Gasteiger partial charge in [0.2, 0.25) is 5.91 Å². The molecule has 0 spiro atoms. The Hall–Kier alpha value is -2.95. The van der Waals surface area contributed by atoms with E-state index < -0.39 is 0 Å². The Morgan fingerprint density at radius 3 is 2.72 bits per heavy atom. The second-order valence-electron chi connectivity index (χ2n) is 7.79. The summed E-state index contributed by atoms with van der Waals surface area (Å²) in [5.41, 5.74) is 3.56. The molecule has 0 aliphatic carbocycles. The van der Waals surface area contributed by atoms with Crippen LogP contribution in [0.5, 0.6) is 0 Å². The molecule has 1 fully saturated rings. The normalized spacial score (nSPS) is 16.3. The minimum absolute atomic E-state index is 0.0737. The van der Waals surface area contributed by atoms with Crippen molar-refractivity contribution in [2.24, 2.45) is 0 Å². The second-order valence-corrected chi connectivity index (χ2v) is 7.79. The fraction of sp³-hybridized carbons (Fsp3) is 0.375. The number of hydrogen-bond acceptors (Lipinski definition) is 3. The smallest absolute Gasteiger partial charge is 0.223 e. The fourth-order valence-corrected chi connectivity index (χ4v) is 4.19. The van der Waals surface area contributed by atoms with Crippen molar-refractivity contribution >= 4 is 5.91 Å². The average molecular weight is 389 g/mol. The van der Waals surface area contributed by atoms with Gasteiger partial charge >= 0.3 is 0 Å². The van der Waals surface area contributed by atoms with Crippen LogP contribution >= 0.6 is 0 Å². The van der Waals surface area contributed by atoms with Gasteiger partial charge in [-0.15, -0.1) is 0 Å². The van der Waals surface area contributed by atoms with Crippen molar-refractivity contribution in [1.82, 2.24) is 19.4 Å². The molecule has 0 bridgehead atoms. The van der Waals surface area contributed by atoms with Gasteiger partial charge in [-0.3, -0.25) is 9.78 Å². The fourth-order valence-electron chi connectivity index (χ4n) is 4.19. The minimum atomic E-state index is 0.0737. The van der Waals surface area contributed by atoms with Crippen LogP contribution in [0.1, 0.15) is 54.4 Å². The van der Waals surface area contributed by atoms with Crippen LogP contribution < -0.4 is 0 Å². The van der Waals surface area contributed by atoms with Crippen molar-refractivity contribution in [3.8, 4) is 0 Å². The Morgan fingerprint density at radius 1 is 1.10 bits per heavy atom. The number of amides is 1. The van der Waals surface area contributed by atoms with Crippen LogP contribution in [0.2, 0.25) is 0 Å². The van der Waals surface area contributed by atoms with E-state index in [4.69, 9.17) is 4.98 Å². The van der Waals surface area contributed by atoms with Crippen LogP contribution in [-0.2, 0) is 17.8 Å². The van der Waals surface area contributed by atoms with Crippen molar-refractivity contribution in [2.45, 2.75) is 51.6 Å². The lowest BCUT2D eigenvalue weighted by atomic mass is 10.1. The molecule has 1 aliphatic heterocycles. The van der Waals surface area contributed by atoms with Gasteiger partial charge in [0.1, 0.15) is 5.82 Å². The van der Waals surface area contributed by atoms with Gasteiger partial charge in [0, 0.05) is 37.3 Å². The molecule has 1 saturated heterocycles. The summed E-state index contributed by atoms with van der Waals surface area (Å²) in [7, 11) is 0. The van der Waals surface area contributed by atoms with Gasteiger partial charge in [-0.25, -0.2) is 4.98 Å². The standard InChI is InChI=1S/C24H28N4O/c1-19-16-26-24(28(19)18-21-11-6-14-25-17-21)22-12-7-15-27(22)23(29)13-5-10-20-8-3-2-4-9-20/h2-4,6,8-9,11,14,16-17,22H,5,7,10,12-13,15,18H2,1H3. The first-order valence-corrected chi connectivity index (χ1v) is 10.5. The molecule has 0 N–H and O–H groups in total. The molecule has 4 rings (SSSR count). The molecule has 150 valence electrons. The van der Waals surface area contributed by atoms with Gasteiger partial charge < -0.3 is 9.47 Å². The predicted octanol–water partition coefficient (Wildman–Crippen LogP) is 4.32. The molecule has 1 unspecified atom stereocenters. The summed E-state index contributed by atoms with van der Waals surface area (Å²) < 4.78 is 2.23. The Balaban J connectivity index is 1.43. The molecule has 1 aliphatic rings. The molecule has 0 radical (unpaired) electrons. The molecule has 3 heterocycles. The van der Waals surface area contributed by atoms with Crippen molar-refractivity contribution in [3.05, 3.63) is 83.7 Å². The Kier molecular flexibility index (Phi) is 6.03. The largest absolute Gasteiger partial charge is 0.333 e. The third-order valence-corrected chi connectivity index (χ3v) is 5.72. The Morgan fingerprint density at radius 2 is 1.93 bits per heavy atom. The quantitative estimate of drug-likeness (QED) is 0.606. The SMILES string of the molecule is Cc1cnc(C2CCCN2C(=O)CCCc2ccccc2)n1Cc1cccnc1. The summed E-state index contributed by atoms with van der Waals surface area (Å²) in [5.74, 6) is 1.25. The van der Waals surface area contributed by atoms with Crippen molar-refractivity contribution in [1.29, 1.82) is 0 Å². The van der Waals surface area contributed by atoms with E-state index in [-0.39, 0.29) is 11.9 Å². The molecular weight excluding hydrogens is 360 g/mol. The number of carbonyl (C=O) groups is 1. The number of nitrogens with zero attached hydrogens (tertiary/aromatic N) is 4. The zero-order valence-electron chi connectivity index (χ0n) is 17.0. The summed E-state index contributed by atoms with van der Waals surface area (Å²) >= 11 is 0. The first-order chi connectivity index (χ1) is 14.2. The topological polar surface area (TPSA) is 51.0 Å². The molecule has 5 nitrogen and oxygen atoms in total. The highest BCUT2D eigenvalue weighted by Gasteiger charge is 2.32. The predicted molar refractivity (Wildman–Crippen MR) is 113 cm³/mol. The number of hydrogen-bond donors (Lipinski definition) is 0. The highest BCUT2D eigenvalue weighted by Crippen LogP contribution is 2.32. The lowest BCUT2D eigenvalue weighted by molar-refractivity contribution is -0.132. The molecule has 1 atom stereocenters. The molecule has 0 saturated carbocycles. The van der Waals surface area contributed by atoms with Crippen LogP contribution in [0.4, 0.5) is 0 Å². The Labute approximate surface area is 172 Å². The first-order valence-electron chi connectivity index (χ1n) is 10.5. The number of aryl methyl sites for hydroxylation is 2. The van der Waals surface area contributed by atoms with Gasteiger partial charge in [0.25, 0.3) is 0 Å². The van der Waals surface area contributed by atoms with E-state index in [9.17, 15) is 4.79 Å². The maximum Gasteiger partial charge on any atom is 0.223 e. The average Bonchev–Trinajstić information content (AvgIpc) is 3.37. The van der Waals surface area contributed by atoms with Gasteiger partial charge in [-0.1, -0.05) is 36.4 Å². The molecule has 3 aromatic rings. The summed E-state index contributed by atoms with van der Waals surface area (Å²) in [6.07, 6.45) is 10.0. The van der Waals surface area contributed by atoms with Crippen LogP contribution in [-0.4, -0.2) is 31.9 Å². The van der Waals surface area contributed by atoms with E-state index >= 15 is 0 Å². The number of rotatable bonds is 7. The first kappa shape index (κ1) is 19.4. The number of likely N-dealkylation sites (tertiary alicyclic amines) is 1. The summed E-state index contributed by atoms with van der Waals surface area (Å²) in [5, 5.41) is 0. The number of pyridine rings is 1. The number of carbonyl (C=O) groups excluding carboxylic acids is 1. The Bertz CT molecular complexity index is 936. The molecular formula is C24H28N4O. The minimum Gasteiger partial charge on any atom is -0.333 e.